The Hall–Kier alpha value is -1.79. The molecule has 0 spiro atoms. The summed E-state index contributed by atoms with van der Waals surface area (Å²) in [4.78, 5) is 23.2. The SMILES string of the molecule is CNC(=O)c1c(Nc2cc(C)cc(Cl)c2)s[nH]c1=O. The fourth-order valence-electron chi connectivity index (χ4n) is 1.66. The lowest BCUT2D eigenvalue weighted by Crippen LogP contribution is -2.24. The lowest BCUT2D eigenvalue weighted by molar-refractivity contribution is 0.0963. The fraction of sp³-hybridized carbons (Fsp3) is 0.167. The zero-order valence-electron chi connectivity index (χ0n) is 10.3. The van der Waals surface area contributed by atoms with E-state index in [-0.39, 0.29) is 5.56 Å². The minimum absolute atomic E-state index is 0.0742. The van der Waals surface area contributed by atoms with E-state index in [4.69, 9.17) is 11.6 Å². The van der Waals surface area contributed by atoms with Crippen molar-refractivity contribution in [1.82, 2.24) is 9.69 Å². The van der Waals surface area contributed by atoms with Gasteiger partial charge in [0.1, 0.15) is 10.6 Å². The summed E-state index contributed by atoms with van der Waals surface area (Å²) in [5, 5.41) is 6.52. The maximum absolute atomic E-state index is 11.6. The number of benzene rings is 1. The molecule has 0 fully saturated rings. The zero-order chi connectivity index (χ0) is 14.0. The number of aromatic amines is 1. The average Bonchev–Trinajstić information content (AvgIpc) is 2.68. The molecule has 2 rings (SSSR count). The molecule has 0 atom stereocenters. The molecule has 0 aliphatic heterocycles. The van der Waals surface area contributed by atoms with Gasteiger partial charge in [-0.25, -0.2) is 0 Å². The monoisotopic (exact) mass is 297 g/mol. The molecular weight excluding hydrogens is 286 g/mol. The second-order valence-electron chi connectivity index (χ2n) is 3.96. The molecule has 2 aromatic rings. The summed E-state index contributed by atoms with van der Waals surface area (Å²) in [7, 11) is 1.48. The van der Waals surface area contributed by atoms with Gasteiger partial charge in [0.05, 0.1) is 0 Å². The fourth-order valence-corrected chi connectivity index (χ4v) is 2.70. The van der Waals surface area contributed by atoms with Gasteiger partial charge in [0.25, 0.3) is 11.5 Å². The number of anilines is 2. The van der Waals surface area contributed by atoms with Crippen LogP contribution < -0.4 is 16.2 Å². The highest BCUT2D eigenvalue weighted by Crippen LogP contribution is 2.25. The molecule has 19 heavy (non-hydrogen) atoms. The van der Waals surface area contributed by atoms with Crippen LogP contribution >= 0.6 is 23.1 Å². The number of hydrogen-bond donors (Lipinski definition) is 3. The van der Waals surface area contributed by atoms with Crippen molar-refractivity contribution >= 4 is 39.7 Å². The van der Waals surface area contributed by atoms with Crippen LogP contribution in [0.5, 0.6) is 0 Å². The molecule has 3 N–H and O–H groups in total. The summed E-state index contributed by atoms with van der Waals surface area (Å²) < 4.78 is 2.53. The lowest BCUT2D eigenvalue weighted by atomic mass is 10.2. The van der Waals surface area contributed by atoms with Gasteiger partial charge < -0.3 is 10.6 Å². The highest BCUT2D eigenvalue weighted by molar-refractivity contribution is 7.10. The van der Waals surface area contributed by atoms with Crippen molar-refractivity contribution in [3.8, 4) is 0 Å². The maximum atomic E-state index is 11.6. The van der Waals surface area contributed by atoms with Gasteiger partial charge in [0.15, 0.2) is 0 Å². The second-order valence-corrected chi connectivity index (χ2v) is 5.21. The Bertz CT molecular complexity index is 658. The van der Waals surface area contributed by atoms with Gasteiger partial charge in [-0.2, -0.15) is 0 Å². The van der Waals surface area contributed by atoms with Crippen LogP contribution in [-0.2, 0) is 0 Å². The lowest BCUT2D eigenvalue weighted by Gasteiger charge is -2.07. The van der Waals surface area contributed by atoms with Gasteiger partial charge >= 0.3 is 0 Å². The number of H-pyrrole nitrogens is 1. The molecule has 1 aromatic heterocycles. The van der Waals surface area contributed by atoms with Crippen molar-refractivity contribution in [2.45, 2.75) is 6.92 Å². The Kier molecular flexibility index (Phi) is 3.92. The molecule has 100 valence electrons. The van der Waals surface area contributed by atoms with Crippen LogP contribution in [0, 0.1) is 6.92 Å². The number of aryl methyl sites for hydroxylation is 1. The number of carbonyl (C=O) groups is 1. The van der Waals surface area contributed by atoms with Gasteiger partial charge in [0.2, 0.25) is 0 Å². The first kappa shape index (κ1) is 13.6. The summed E-state index contributed by atoms with van der Waals surface area (Å²) in [6.07, 6.45) is 0. The maximum Gasteiger partial charge on any atom is 0.273 e. The first-order chi connectivity index (χ1) is 9.01. The third kappa shape index (κ3) is 2.97. The van der Waals surface area contributed by atoms with Crippen molar-refractivity contribution in [2.75, 3.05) is 12.4 Å². The number of halogens is 1. The summed E-state index contributed by atoms with van der Waals surface area (Å²) in [6.45, 7) is 1.91. The van der Waals surface area contributed by atoms with E-state index in [9.17, 15) is 9.59 Å². The van der Waals surface area contributed by atoms with Crippen LogP contribution in [0.15, 0.2) is 23.0 Å². The van der Waals surface area contributed by atoms with Crippen molar-refractivity contribution in [3.05, 3.63) is 44.7 Å². The van der Waals surface area contributed by atoms with E-state index in [0.717, 1.165) is 22.8 Å². The molecular formula is C12H12ClN3O2S. The number of carbonyl (C=O) groups excluding carboxylic acids is 1. The molecule has 0 saturated heterocycles. The molecule has 0 aliphatic carbocycles. The smallest absolute Gasteiger partial charge is 0.273 e. The Morgan fingerprint density at radius 1 is 1.37 bits per heavy atom. The number of aromatic nitrogens is 1. The number of amides is 1. The first-order valence-corrected chi connectivity index (χ1v) is 6.68. The van der Waals surface area contributed by atoms with Gasteiger partial charge in [0, 0.05) is 17.8 Å². The van der Waals surface area contributed by atoms with Crippen LogP contribution in [0.3, 0.4) is 0 Å². The van der Waals surface area contributed by atoms with Crippen molar-refractivity contribution in [3.63, 3.8) is 0 Å². The van der Waals surface area contributed by atoms with Crippen molar-refractivity contribution < 1.29 is 4.79 Å². The summed E-state index contributed by atoms with van der Waals surface area (Å²) >= 11 is 7.04. The van der Waals surface area contributed by atoms with Gasteiger partial charge in [-0.05, 0) is 42.2 Å². The normalized spacial score (nSPS) is 10.3. The molecule has 0 radical (unpaired) electrons. The summed E-state index contributed by atoms with van der Waals surface area (Å²) in [5.74, 6) is -0.427. The van der Waals surface area contributed by atoms with E-state index < -0.39 is 11.5 Å². The standard InChI is InChI=1S/C12H12ClN3O2S/c1-6-3-7(13)5-8(4-6)15-12-9(10(17)14-2)11(18)16-19-12/h3-5,15H,1-2H3,(H,14,17)(H,16,18). The van der Waals surface area contributed by atoms with E-state index >= 15 is 0 Å². The molecule has 5 nitrogen and oxygen atoms in total. The third-order valence-electron chi connectivity index (χ3n) is 2.45. The minimum atomic E-state index is -0.427. The molecule has 0 unspecified atom stereocenters. The minimum Gasteiger partial charge on any atom is -0.355 e. The highest BCUT2D eigenvalue weighted by atomic mass is 35.5. The van der Waals surface area contributed by atoms with Gasteiger partial charge in [-0.3, -0.25) is 14.0 Å². The van der Waals surface area contributed by atoms with Crippen LogP contribution in [0.25, 0.3) is 0 Å². The van der Waals surface area contributed by atoms with E-state index in [0.29, 0.717) is 10.0 Å². The molecule has 0 saturated carbocycles. The van der Waals surface area contributed by atoms with Gasteiger partial charge in [-0.15, -0.1) is 0 Å². The quantitative estimate of drug-likeness (QED) is 0.815. The van der Waals surface area contributed by atoms with E-state index in [1.807, 2.05) is 19.1 Å². The van der Waals surface area contributed by atoms with Crippen molar-refractivity contribution in [1.29, 1.82) is 0 Å². The number of rotatable bonds is 3. The molecule has 1 amide bonds. The van der Waals surface area contributed by atoms with Crippen LogP contribution in [0.2, 0.25) is 5.02 Å². The topological polar surface area (TPSA) is 74.0 Å². The Morgan fingerprint density at radius 2 is 2.11 bits per heavy atom. The highest BCUT2D eigenvalue weighted by Gasteiger charge is 2.17. The van der Waals surface area contributed by atoms with Crippen LogP contribution in [0.4, 0.5) is 10.7 Å². The van der Waals surface area contributed by atoms with Crippen LogP contribution in [-0.4, -0.2) is 17.3 Å². The van der Waals surface area contributed by atoms with Crippen LogP contribution in [0.1, 0.15) is 15.9 Å². The van der Waals surface area contributed by atoms with E-state index in [1.54, 1.807) is 6.07 Å². The third-order valence-corrected chi connectivity index (χ3v) is 3.47. The number of hydrogen-bond acceptors (Lipinski definition) is 4. The zero-order valence-corrected chi connectivity index (χ0v) is 11.9. The predicted octanol–water partition coefficient (Wildman–Crippen LogP) is 2.50. The molecule has 0 aliphatic rings. The number of nitrogens with one attached hydrogen (secondary N) is 3. The predicted molar refractivity (Wildman–Crippen MR) is 77.8 cm³/mol. The summed E-state index contributed by atoms with van der Waals surface area (Å²) in [6, 6.07) is 5.43. The average molecular weight is 298 g/mol. The molecule has 7 heteroatoms. The second kappa shape index (κ2) is 5.46. The molecule has 1 heterocycles. The Labute approximate surface area is 118 Å². The van der Waals surface area contributed by atoms with Gasteiger partial charge in [-0.1, -0.05) is 11.6 Å². The Morgan fingerprint density at radius 3 is 2.74 bits per heavy atom. The molecule has 1 aromatic carbocycles. The largest absolute Gasteiger partial charge is 0.355 e. The van der Waals surface area contributed by atoms with E-state index in [2.05, 4.69) is 15.0 Å². The van der Waals surface area contributed by atoms with Crippen molar-refractivity contribution in [2.24, 2.45) is 0 Å². The molecule has 0 bridgehead atoms. The summed E-state index contributed by atoms with van der Waals surface area (Å²) in [5.41, 5.74) is 1.38. The van der Waals surface area contributed by atoms with E-state index in [1.165, 1.54) is 7.05 Å². The Balaban J connectivity index is 2.39. The first-order valence-electron chi connectivity index (χ1n) is 5.49.